The molecule has 3 atom stereocenters. The molecule has 2 rings (SSSR count). The summed E-state index contributed by atoms with van der Waals surface area (Å²) in [5, 5.41) is 8.61. The Balaban J connectivity index is 1.89. The number of aliphatic hydroxyl groups is 1. The number of allylic oxidation sites excluding steroid dienone is 1. The fourth-order valence-corrected chi connectivity index (χ4v) is 3.17. The number of hydrogen-bond acceptors (Lipinski definition) is 8. The average Bonchev–Trinajstić information content (AvgIpc) is 3.11. The summed E-state index contributed by atoms with van der Waals surface area (Å²) in [5.74, 6) is -1.12. The number of ketones is 1. The molecule has 1 N–H and O–H groups in total. The van der Waals surface area contributed by atoms with Crippen molar-refractivity contribution in [2.45, 2.75) is 39.3 Å². The van der Waals surface area contributed by atoms with Crippen molar-refractivity contribution in [3.8, 4) is 0 Å². The Morgan fingerprint density at radius 1 is 1.20 bits per heavy atom. The maximum absolute atomic E-state index is 12.9. The lowest BCUT2D eigenvalue weighted by Crippen LogP contribution is -2.48. The molecule has 2 heterocycles. The number of nitrogens with zero attached hydrogens (tertiary/aromatic N) is 1. The zero-order valence-corrected chi connectivity index (χ0v) is 17.7. The van der Waals surface area contributed by atoms with E-state index in [1.165, 1.54) is 6.08 Å². The van der Waals surface area contributed by atoms with Crippen molar-refractivity contribution in [1.82, 2.24) is 4.90 Å². The Bertz CT molecular complexity index is 672. The van der Waals surface area contributed by atoms with Gasteiger partial charge in [0.2, 0.25) is 5.91 Å². The van der Waals surface area contributed by atoms with Gasteiger partial charge in [-0.2, -0.15) is 0 Å². The molecule has 0 aromatic rings. The quantitative estimate of drug-likeness (QED) is 0.495. The summed E-state index contributed by atoms with van der Waals surface area (Å²) in [6.45, 7) is 7.07. The van der Waals surface area contributed by atoms with Gasteiger partial charge in [0.05, 0.1) is 45.0 Å². The predicted molar refractivity (Wildman–Crippen MR) is 106 cm³/mol. The van der Waals surface area contributed by atoms with Gasteiger partial charge in [-0.25, -0.2) is 9.69 Å². The van der Waals surface area contributed by atoms with Crippen molar-refractivity contribution in [3.05, 3.63) is 24.0 Å². The van der Waals surface area contributed by atoms with Crippen LogP contribution in [0.15, 0.2) is 24.0 Å². The van der Waals surface area contributed by atoms with E-state index in [9.17, 15) is 14.4 Å². The van der Waals surface area contributed by atoms with Gasteiger partial charge in [-0.05, 0) is 37.5 Å². The highest BCUT2D eigenvalue weighted by atomic mass is 16.6. The molecular weight excluding hydrogens is 394 g/mol. The van der Waals surface area contributed by atoms with Gasteiger partial charge in [0.1, 0.15) is 12.4 Å². The van der Waals surface area contributed by atoms with Gasteiger partial charge < -0.3 is 24.1 Å². The number of carbonyl (C=O) groups is 3. The molecule has 2 aliphatic heterocycles. The first-order valence-corrected chi connectivity index (χ1v) is 10.2. The van der Waals surface area contributed by atoms with Crippen LogP contribution in [0.4, 0.5) is 4.79 Å². The first-order chi connectivity index (χ1) is 14.4. The minimum Gasteiger partial charge on any atom is -0.482 e. The van der Waals surface area contributed by atoms with E-state index >= 15 is 0 Å². The van der Waals surface area contributed by atoms with Crippen molar-refractivity contribution in [2.75, 3.05) is 39.6 Å². The van der Waals surface area contributed by atoms with Gasteiger partial charge in [-0.3, -0.25) is 9.59 Å². The van der Waals surface area contributed by atoms with E-state index in [2.05, 4.69) is 0 Å². The van der Waals surface area contributed by atoms with Crippen LogP contribution in [-0.4, -0.2) is 79.6 Å². The lowest BCUT2D eigenvalue weighted by Gasteiger charge is -2.30. The van der Waals surface area contributed by atoms with E-state index in [4.69, 9.17) is 24.1 Å². The second kappa shape index (κ2) is 11.8. The Hall–Kier alpha value is -2.23. The molecule has 0 aromatic carbocycles. The predicted octanol–water partition coefficient (Wildman–Crippen LogP) is 1.45. The highest BCUT2D eigenvalue weighted by Crippen LogP contribution is 2.26. The Labute approximate surface area is 176 Å². The third-order valence-electron chi connectivity index (χ3n) is 4.93. The second-order valence-corrected chi connectivity index (χ2v) is 7.50. The molecule has 1 saturated heterocycles. The number of aliphatic hydroxyl groups excluding tert-OH is 1. The van der Waals surface area contributed by atoms with Crippen LogP contribution in [0.2, 0.25) is 0 Å². The third-order valence-corrected chi connectivity index (χ3v) is 4.93. The molecule has 0 bridgehead atoms. The maximum Gasteiger partial charge on any atom is 0.416 e. The molecule has 9 heteroatoms. The van der Waals surface area contributed by atoms with E-state index in [-0.39, 0.29) is 37.6 Å². The molecule has 0 unspecified atom stereocenters. The second-order valence-electron chi connectivity index (χ2n) is 7.50. The topological polar surface area (TPSA) is 112 Å². The van der Waals surface area contributed by atoms with Gasteiger partial charge in [0.15, 0.2) is 11.9 Å². The molecule has 2 amide bonds. The number of ether oxygens (including phenoxy) is 4. The SMILES string of the molecule is CC(C)[C@H]1COC(=O)N1C(=O)[C@@H](C)[C@H]1OC(=CCCOCCOCCO)C=CC1=O. The van der Waals surface area contributed by atoms with Crippen LogP contribution in [0.5, 0.6) is 0 Å². The molecule has 0 spiro atoms. The van der Waals surface area contributed by atoms with E-state index in [1.807, 2.05) is 13.8 Å². The van der Waals surface area contributed by atoms with Crippen molar-refractivity contribution in [1.29, 1.82) is 0 Å². The zero-order valence-electron chi connectivity index (χ0n) is 17.7. The maximum atomic E-state index is 12.9. The van der Waals surface area contributed by atoms with Gasteiger partial charge in [-0.15, -0.1) is 0 Å². The Kier molecular flexibility index (Phi) is 9.48. The van der Waals surface area contributed by atoms with Crippen molar-refractivity contribution >= 4 is 17.8 Å². The fraction of sp³-hybridized carbons (Fsp3) is 0.667. The summed E-state index contributed by atoms with van der Waals surface area (Å²) in [5.41, 5.74) is 0. The summed E-state index contributed by atoms with van der Waals surface area (Å²) < 4.78 is 21.3. The molecule has 1 fully saturated rings. The molecule has 0 aromatic heterocycles. The monoisotopic (exact) mass is 425 g/mol. The Morgan fingerprint density at radius 3 is 2.57 bits per heavy atom. The molecule has 168 valence electrons. The summed E-state index contributed by atoms with van der Waals surface area (Å²) in [7, 11) is 0. The fourth-order valence-electron chi connectivity index (χ4n) is 3.17. The van der Waals surface area contributed by atoms with Crippen LogP contribution < -0.4 is 0 Å². The van der Waals surface area contributed by atoms with Crippen molar-refractivity contribution in [2.24, 2.45) is 11.8 Å². The van der Waals surface area contributed by atoms with E-state index in [0.29, 0.717) is 32.0 Å². The molecule has 30 heavy (non-hydrogen) atoms. The van der Waals surface area contributed by atoms with Crippen LogP contribution >= 0.6 is 0 Å². The normalized spacial score (nSPS) is 23.8. The van der Waals surface area contributed by atoms with Gasteiger partial charge in [0.25, 0.3) is 0 Å². The molecular formula is C21H31NO8. The number of hydrogen-bond donors (Lipinski definition) is 1. The summed E-state index contributed by atoms with van der Waals surface area (Å²) in [4.78, 5) is 38.4. The molecule has 0 radical (unpaired) electrons. The van der Waals surface area contributed by atoms with Gasteiger partial charge >= 0.3 is 6.09 Å². The first kappa shape index (κ1) is 24.0. The largest absolute Gasteiger partial charge is 0.482 e. The standard InChI is InChI=1S/C21H31NO8/c1-14(2)17-13-29-21(26)22(17)20(25)15(3)19-18(24)7-6-16(30-19)5-4-9-27-11-12-28-10-8-23/h5-7,14-15,17,19,23H,4,8-13H2,1-3H3/t15-,17+,19+/m0/s1. The minimum absolute atomic E-state index is 0.0202. The summed E-state index contributed by atoms with van der Waals surface area (Å²) in [6, 6.07) is -0.352. The van der Waals surface area contributed by atoms with Gasteiger partial charge in [-0.1, -0.05) is 13.8 Å². The van der Waals surface area contributed by atoms with Crippen molar-refractivity contribution in [3.63, 3.8) is 0 Å². The number of carbonyl (C=O) groups excluding carboxylic acids is 3. The lowest BCUT2D eigenvalue weighted by atomic mass is 9.95. The summed E-state index contributed by atoms with van der Waals surface area (Å²) in [6.07, 6.45) is 3.60. The van der Waals surface area contributed by atoms with Crippen LogP contribution in [0.25, 0.3) is 0 Å². The lowest BCUT2D eigenvalue weighted by molar-refractivity contribution is -0.143. The number of rotatable bonds is 11. The van der Waals surface area contributed by atoms with Crippen LogP contribution in [-0.2, 0) is 28.5 Å². The highest BCUT2D eigenvalue weighted by molar-refractivity contribution is 6.01. The third kappa shape index (κ3) is 6.38. The molecule has 9 nitrogen and oxygen atoms in total. The van der Waals surface area contributed by atoms with Gasteiger partial charge in [0, 0.05) is 0 Å². The smallest absolute Gasteiger partial charge is 0.416 e. The highest BCUT2D eigenvalue weighted by Gasteiger charge is 2.44. The Morgan fingerprint density at radius 2 is 1.90 bits per heavy atom. The van der Waals surface area contributed by atoms with E-state index in [0.717, 1.165) is 4.90 Å². The zero-order chi connectivity index (χ0) is 22.1. The number of imide groups is 1. The minimum atomic E-state index is -0.997. The van der Waals surface area contributed by atoms with Crippen LogP contribution in [0.1, 0.15) is 27.2 Å². The first-order valence-electron chi connectivity index (χ1n) is 10.2. The molecule has 2 aliphatic rings. The van der Waals surface area contributed by atoms with Crippen LogP contribution in [0, 0.1) is 11.8 Å². The van der Waals surface area contributed by atoms with Crippen LogP contribution in [0.3, 0.4) is 0 Å². The molecule has 0 saturated carbocycles. The number of cyclic esters (lactones) is 1. The van der Waals surface area contributed by atoms with E-state index < -0.39 is 24.0 Å². The summed E-state index contributed by atoms with van der Waals surface area (Å²) >= 11 is 0. The van der Waals surface area contributed by atoms with Crippen molar-refractivity contribution < 1.29 is 38.4 Å². The molecule has 0 aliphatic carbocycles. The average molecular weight is 425 g/mol. The van der Waals surface area contributed by atoms with E-state index in [1.54, 1.807) is 19.1 Å². The number of amides is 2.